The molecule has 0 spiro atoms. The molecule has 7 nitrogen and oxygen atoms in total. The average molecular weight is 403 g/mol. The highest BCUT2D eigenvalue weighted by Gasteiger charge is 2.09. The summed E-state index contributed by atoms with van der Waals surface area (Å²) >= 11 is 0. The Kier molecular flexibility index (Phi) is 8.99. The second-order valence-electron chi connectivity index (χ2n) is 7.04. The fourth-order valence-electron chi connectivity index (χ4n) is 3.16. The number of likely N-dealkylation sites (N-methyl/N-ethyl adjacent to an activating group) is 1. The van der Waals surface area contributed by atoms with Crippen molar-refractivity contribution in [2.45, 2.75) is 47.2 Å². The summed E-state index contributed by atoms with van der Waals surface area (Å²) in [4.78, 5) is 14.5. The maximum atomic E-state index is 12.2. The van der Waals surface area contributed by atoms with Crippen LogP contribution in [0.4, 0.5) is 0 Å². The fourth-order valence-corrected chi connectivity index (χ4v) is 3.16. The Morgan fingerprint density at radius 2 is 1.93 bits per heavy atom. The molecule has 7 heteroatoms. The number of hydrogen-bond acceptors (Lipinski definition) is 5. The number of nitrogens with zero attached hydrogens (tertiary/aromatic N) is 3. The number of methoxy groups -OCH3 is 1. The molecule has 1 aromatic carbocycles. The first kappa shape index (κ1) is 22.7. The Hall–Kier alpha value is -2.54. The Morgan fingerprint density at radius 3 is 2.55 bits per heavy atom. The van der Waals surface area contributed by atoms with Crippen molar-refractivity contribution in [2.24, 2.45) is 0 Å². The monoisotopic (exact) mass is 402 g/mol. The third-order valence-corrected chi connectivity index (χ3v) is 4.93. The highest BCUT2D eigenvalue weighted by atomic mass is 16.5. The van der Waals surface area contributed by atoms with Crippen LogP contribution in [-0.2, 0) is 17.9 Å². The van der Waals surface area contributed by atoms with Crippen molar-refractivity contribution in [3.05, 3.63) is 41.2 Å². The lowest BCUT2D eigenvalue weighted by Gasteiger charge is -2.19. The number of hydrogen-bond donors (Lipinski definition) is 1. The molecule has 0 saturated heterocycles. The fraction of sp³-hybridized carbons (Fsp3) is 0.545. The van der Waals surface area contributed by atoms with Gasteiger partial charge in [0.2, 0.25) is 5.91 Å². The normalized spacial score (nSPS) is 11.0. The smallest absolute Gasteiger partial charge is 0.222 e. The van der Waals surface area contributed by atoms with Gasteiger partial charge in [-0.15, -0.1) is 0 Å². The van der Waals surface area contributed by atoms with Crippen molar-refractivity contribution >= 4 is 5.91 Å². The van der Waals surface area contributed by atoms with Gasteiger partial charge in [-0.1, -0.05) is 19.9 Å². The Bertz CT molecular complexity index is 784. The number of ether oxygens (including phenoxy) is 2. The van der Waals surface area contributed by atoms with Gasteiger partial charge in [-0.2, -0.15) is 5.10 Å². The van der Waals surface area contributed by atoms with Crippen molar-refractivity contribution in [3.63, 3.8) is 0 Å². The first-order valence-corrected chi connectivity index (χ1v) is 10.3. The molecule has 29 heavy (non-hydrogen) atoms. The van der Waals surface area contributed by atoms with Crippen LogP contribution in [0.15, 0.2) is 24.3 Å². The summed E-state index contributed by atoms with van der Waals surface area (Å²) in [7, 11) is 1.63. The lowest BCUT2D eigenvalue weighted by molar-refractivity contribution is -0.121. The van der Waals surface area contributed by atoms with Gasteiger partial charge in [-0.05, 0) is 50.7 Å². The molecule has 0 aliphatic carbocycles. The van der Waals surface area contributed by atoms with E-state index in [0.717, 1.165) is 42.3 Å². The summed E-state index contributed by atoms with van der Waals surface area (Å²) in [6, 6.07) is 7.78. The predicted octanol–water partition coefficient (Wildman–Crippen LogP) is 2.94. The molecule has 2 aromatic rings. The molecule has 1 amide bonds. The van der Waals surface area contributed by atoms with Crippen LogP contribution < -0.4 is 14.8 Å². The minimum Gasteiger partial charge on any atom is -0.493 e. The van der Waals surface area contributed by atoms with E-state index in [9.17, 15) is 4.79 Å². The van der Waals surface area contributed by atoms with E-state index >= 15 is 0 Å². The molecular weight excluding hydrogens is 368 g/mol. The van der Waals surface area contributed by atoms with Crippen LogP contribution in [0, 0.1) is 13.8 Å². The van der Waals surface area contributed by atoms with E-state index in [2.05, 4.69) is 29.2 Å². The van der Waals surface area contributed by atoms with E-state index in [1.54, 1.807) is 7.11 Å². The Morgan fingerprint density at radius 1 is 1.17 bits per heavy atom. The zero-order chi connectivity index (χ0) is 21.2. The molecule has 1 aromatic heterocycles. The lowest BCUT2D eigenvalue weighted by Crippen LogP contribution is -2.28. The second-order valence-corrected chi connectivity index (χ2v) is 7.04. The highest BCUT2D eigenvalue weighted by molar-refractivity contribution is 5.75. The molecule has 0 saturated carbocycles. The first-order chi connectivity index (χ1) is 14.0. The molecule has 0 atom stereocenters. The molecular formula is C22H34N4O3. The Labute approximate surface area is 174 Å². The summed E-state index contributed by atoms with van der Waals surface area (Å²) in [6.45, 7) is 12.8. The topological polar surface area (TPSA) is 68.6 Å². The van der Waals surface area contributed by atoms with E-state index in [1.807, 2.05) is 42.8 Å². The maximum Gasteiger partial charge on any atom is 0.222 e. The zero-order valence-corrected chi connectivity index (χ0v) is 18.3. The molecule has 0 aliphatic rings. The highest BCUT2D eigenvalue weighted by Crippen LogP contribution is 2.28. The van der Waals surface area contributed by atoms with Crippen LogP contribution in [0.2, 0.25) is 0 Å². The van der Waals surface area contributed by atoms with Gasteiger partial charge in [-0.25, -0.2) is 0 Å². The number of nitrogens with one attached hydrogen (secondary N) is 1. The summed E-state index contributed by atoms with van der Waals surface area (Å²) in [5.41, 5.74) is 3.00. The van der Waals surface area contributed by atoms with Gasteiger partial charge in [0.25, 0.3) is 0 Å². The standard InChI is InChI=1S/C22H34N4O3/c1-6-25(7-2)12-13-29-20-9-8-19(15-21(20)28-5)16-23-22(27)10-11-26-18(4)14-17(3)24-26/h8-9,14-15H,6-7,10-13,16H2,1-5H3,(H,23,27). The average Bonchev–Trinajstić information content (AvgIpc) is 3.05. The lowest BCUT2D eigenvalue weighted by atomic mass is 10.2. The maximum absolute atomic E-state index is 12.2. The summed E-state index contributed by atoms with van der Waals surface area (Å²) in [5.74, 6) is 1.40. The number of aromatic nitrogens is 2. The van der Waals surface area contributed by atoms with E-state index in [1.165, 1.54) is 0 Å². The van der Waals surface area contributed by atoms with Gasteiger partial charge in [0.1, 0.15) is 6.61 Å². The van der Waals surface area contributed by atoms with E-state index in [4.69, 9.17) is 9.47 Å². The van der Waals surface area contributed by atoms with Gasteiger partial charge < -0.3 is 19.7 Å². The van der Waals surface area contributed by atoms with Crippen molar-refractivity contribution < 1.29 is 14.3 Å². The van der Waals surface area contributed by atoms with E-state index in [-0.39, 0.29) is 5.91 Å². The van der Waals surface area contributed by atoms with Crippen LogP contribution in [-0.4, -0.2) is 53.9 Å². The molecule has 1 N–H and O–H groups in total. The van der Waals surface area contributed by atoms with Crippen molar-refractivity contribution in [2.75, 3.05) is 33.4 Å². The number of carbonyl (C=O) groups excluding carboxylic acids is 1. The molecule has 160 valence electrons. The van der Waals surface area contributed by atoms with Crippen LogP contribution in [0.25, 0.3) is 0 Å². The van der Waals surface area contributed by atoms with Crippen LogP contribution in [0.1, 0.15) is 37.2 Å². The molecule has 0 fully saturated rings. The third-order valence-electron chi connectivity index (χ3n) is 4.93. The zero-order valence-electron chi connectivity index (χ0n) is 18.3. The molecule has 2 rings (SSSR count). The first-order valence-electron chi connectivity index (χ1n) is 10.3. The summed E-state index contributed by atoms with van der Waals surface area (Å²) < 4.78 is 13.2. The number of aryl methyl sites for hydroxylation is 3. The number of amides is 1. The van der Waals surface area contributed by atoms with E-state index in [0.29, 0.717) is 31.9 Å². The SMILES string of the molecule is CCN(CC)CCOc1ccc(CNC(=O)CCn2nc(C)cc2C)cc1OC. The molecule has 0 bridgehead atoms. The number of rotatable bonds is 12. The van der Waals surface area contributed by atoms with Crippen molar-refractivity contribution in [1.29, 1.82) is 0 Å². The quantitative estimate of drug-likeness (QED) is 0.591. The Balaban J connectivity index is 1.82. The van der Waals surface area contributed by atoms with Gasteiger partial charge >= 0.3 is 0 Å². The van der Waals surface area contributed by atoms with E-state index < -0.39 is 0 Å². The molecule has 1 heterocycles. The number of benzene rings is 1. The van der Waals surface area contributed by atoms with Crippen LogP contribution in [0.5, 0.6) is 11.5 Å². The third kappa shape index (κ3) is 7.09. The van der Waals surface area contributed by atoms with Crippen LogP contribution >= 0.6 is 0 Å². The number of carbonyl (C=O) groups is 1. The second kappa shape index (κ2) is 11.5. The summed E-state index contributed by atoms with van der Waals surface area (Å²) in [6.07, 6.45) is 0.394. The van der Waals surface area contributed by atoms with Crippen molar-refractivity contribution in [1.82, 2.24) is 20.0 Å². The minimum atomic E-state index is -0.00364. The molecule has 0 unspecified atom stereocenters. The van der Waals surface area contributed by atoms with Gasteiger partial charge in [0.15, 0.2) is 11.5 Å². The largest absolute Gasteiger partial charge is 0.493 e. The van der Waals surface area contributed by atoms with Gasteiger partial charge in [0.05, 0.1) is 12.8 Å². The predicted molar refractivity (Wildman–Crippen MR) is 114 cm³/mol. The van der Waals surface area contributed by atoms with Crippen molar-refractivity contribution in [3.8, 4) is 11.5 Å². The van der Waals surface area contributed by atoms with Crippen LogP contribution in [0.3, 0.4) is 0 Å². The molecule has 0 radical (unpaired) electrons. The summed E-state index contributed by atoms with van der Waals surface area (Å²) in [5, 5.41) is 7.34. The molecule has 0 aliphatic heterocycles. The minimum absolute atomic E-state index is 0.00364. The van der Waals surface area contributed by atoms with Gasteiger partial charge in [-0.3, -0.25) is 9.48 Å². The van der Waals surface area contributed by atoms with Gasteiger partial charge in [0, 0.05) is 31.7 Å².